The Hall–Kier alpha value is -3.18. The van der Waals surface area contributed by atoms with E-state index in [0.29, 0.717) is 17.3 Å². The second kappa shape index (κ2) is 7.82. The van der Waals surface area contributed by atoms with E-state index in [1.54, 1.807) is 18.1 Å². The number of aliphatic imine (C=N–C) groups is 1. The first kappa shape index (κ1) is 18.2. The average Bonchev–Trinajstić information content (AvgIpc) is 3.04. The Bertz CT molecular complexity index is 1090. The van der Waals surface area contributed by atoms with Crippen LogP contribution in [-0.4, -0.2) is 18.9 Å². The fourth-order valence-corrected chi connectivity index (χ4v) is 3.48. The van der Waals surface area contributed by atoms with Crippen molar-refractivity contribution in [2.45, 2.75) is 0 Å². The Labute approximate surface area is 171 Å². The summed E-state index contributed by atoms with van der Waals surface area (Å²) < 4.78 is 6.39. The zero-order valence-corrected chi connectivity index (χ0v) is 16.8. The molecule has 1 heterocycles. The lowest BCUT2D eigenvalue weighted by Crippen LogP contribution is -2.32. The lowest BCUT2D eigenvalue weighted by molar-refractivity contribution is -0.113. The fourth-order valence-electron chi connectivity index (χ4n) is 3.09. The van der Waals surface area contributed by atoms with E-state index >= 15 is 0 Å². The second-order valence-electron chi connectivity index (χ2n) is 6.20. The zero-order valence-electron chi connectivity index (χ0n) is 15.2. The number of carbonyl (C=O) groups is 1. The summed E-state index contributed by atoms with van der Waals surface area (Å²) >= 11 is 3.49. The van der Waals surface area contributed by atoms with Crippen molar-refractivity contribution in [1.82, 2.24) is 0 Å². The number of amidine groups is 1. The van der Waals surface area contributed by atoms with Crippen LogP contribution >= 0.6 is 15.9 Å². The molecule has 0 saturated heterocycles. The third kappa shape index (κ3) is 3.49. The SMILES string of the molecule is COc1ccccc1C1=N/C(=C/c2ccccc2)C(=O)N1c1cccc(Br)c1. The Kier molecular flexibility index (Phi) is 5.08. The third-order valence-electron chi connectivity index (χ3n) is 4.38. The molecule has 3 aromatic carbocycles. The number of hydrogen-bond acceptors (Lipinski definition) is 3. The largest absolute Gasteiger partial charge is 0.496 e. The minimum atomic E-state index is -0.178. The number of anilines is 1. The predicted molar refractivity (Wildman–Crippen MR) is 116 cm³/mol. The van der Waals surface area contributed by atoms with Crippen LogP contribution in [0.2, 0.25) is 0 Å². The molecule has 5 heteroatoms. The van der Waals surface area contributed by atoms with Crippen LogP contribution in [-0.2, 0) is 4.79 Å². The maximum atomic E-state index is 13.3. The molecule has 0 atom stereocenters. The van der Waals surface area contributed by atoms with E-state index in [-0.39, 0.29) is 5.91 Å². The van der Waals surface area contributed by atoms with Gasteiger partial charge >= 0.3 is 0 Å². The molecule has 0 N–H and O–H groups in total. The number of amides is 1. The van der Waals surface area contributed by atoms with Crippen molar-refractivity contribution in [1.29, 1.82) is 0 Å². The predicted octanol–water partition coefficient (Wildman–Crippen LogP) is 5.29. The molecule has 0 radical (unpaired) electrons. The molecule has 1 aliphatic heterocycles. The number of benzene rings is 3. The van der Waals surface area contributed by atoms with Gasteiger partial charge in [0.15, 0.2) is 5.84 Å². The molecule has 0 unspecified atom stereocenters. The lowest BCUT2D eigenvalue weighted by atomic mass is 10.1. The first-order valence-corrected chi connectivity index (χ1v) is 9.55. The van der Waals surface area contributed by atoms with Gasteiger partial charge in [0.1, 0.15) is 11.4 Å². The number of hydrogen-bond donors (Lipinski definition) is 0. The van der Waals surface area contributed by atoms with Crippen LogP contribution in [0.3, 0.4) is 0 Å². The van der Waals surface area contributed by atoms with E-state index in [4.69, 9.17) is 4.74 Å². The Balaban J connectivity index is 1.88. The summed E-state index contributed by atoms with van der Waals surface area (Å²) in [4.78, 5) is 19.6. The van der Waals surface area contributed by atoms with Gasteiger partial charge in [0, 0.05) is 4.47 Å². The molecular weight excluding hydrogens is 416 g/mol. The van der Waals surface area contributed by atoms with Crippen LogP contribution in [0.4, 0.5) is 5.69 Å². The van der Waals surface area contributed by atoms with Gasteiger partial charge in [-0.05, 0) is 42.0 Å². The molecule has 3 aromatic rings. The normalized spacial score (nSPS) is 15.1. The molecule has 0 spiro atoms. The number of carbonyl (C=O) groups excluding carboxylic acids is 1. The Morgan fingerprint density at radius 1 is 0.964 bits per heavy atom. The lowest BCUT2D eigenvalue weighted by Gasteiger charge is -2.20. The van der Waals surface area contributed by atoms with E-state index in [1.165, 1.54) is 0 Å². The molecule has 1 aliphatic rings. The van der Waals surface area contributed by atoms with Crippen LogP contribution in [0.25, 0.3) is 6.08 Å². The van der Waals surface area contributed by atoms with E-state index in [1.807, 2.05) is 78.9 Å². The quantitative estimate of drug-likeness (QED) is 0.525. The molecule has 0 aromatic heterocycles. The van der Waals surface area contributed by atoms with Gasteiger partial charge in [0.05, 0.1) is 18.4 Å². The van der Waals surface area contributed by atoms with Crippen LogP contribution in [0.5, 0.6) is 5.75 Å². The number of nitrogens with zero attached hydrogens (tertiary/aromatic N) is 2. The van der Waals surface area contributed by atoms with E-state index in [2.05, 4.69) is 20.9 Å². The Morgan fingerprint density at radius 3 is 2.46 bits per heavy atom. The molecule has 4 rings (SSSR count). The van der Waals surface area contributed by atoms with Gasteiger partial charge in [0.25, 0.3) is 5.91 Å². The summed E-state index contributed by atoms with van der Waals surface area (Å²) in [6, 6.07) is 24.9. The summed E-state index contributed by atoms with van der Waals surface area (Å²) in [5.41, 5.74) is 2.80. The molecule has 0 fully saturated rings. The van der Waals surface area contributed by atoms with Crippen molar-refractivity contribution in [3.8, 4) is 5.75 Å². The monoisotopic (exact) mass is 432 g/mol. The van der Waals surface area contributed by atoms with Crippen LogP contribution in [0.1, 0.15) is 11.1 Å². The number of para-hydroxylation sites is 1. The molecule has 1 amide bonds. The third-order valence-corrected chi connectivity index (χ3v) is 4.87. The molecule has 0 saturated carbocycles. The highest BCUT2D eigenvalue weighted by atomic mass is 79.9. The van der Waals surface area contributed by atoms with E-state index in [0.717, 1.165) is 21.3 Å². The smallest absolute Gasteiger partial charge is 0.282 e. The highest BCUT2D eigenvalue weighted by Gasteiger charge is 2.33. The average molecular weight is 433 g/mol. The molecule has 28 heavy (non-hydrogen) atoms. The maximum absolute atomic E-state index is 13.3. The van der Waals surface area contributed by atoms with Gasteiger partial charge in [-0.15, -0.1) is 0 Å². The first-order chi connectivity index (χ1) is 13.7. The molecule has 4 nitrogen and oxygen atoms in total. The van der Waals surface area contributed by atoms with Crippen molar-refractivity contribution >= 4 is 39.4 Å². The topological polar surface area (TPSA) is 41.9 Å². The first-order valence-electron chi connectivity index (χ1n) is 8.76. The summed E-state index contributed by atoms with van der Waals surface area (Å²) in [5.74, 6) is 1.03. The Morgan fingerprint density at radius 2 is 1.71 bits per heavy atom. The standard InChI is InChI=1S/C23H17BrN2O2/c1-28-21-13-6-5-12-19(21)22-25-20(14-16-8-3-2-4-9-16)23(27)26(22)18-11-7-10-17(24)15-18/h2-15H,1H3/b20-14+. The number of halogens is 1. The highest BCUT2D eigenvalue weighted by Crippen LogP contribution is 2.32. The van der Waals surface area contributed by atoms with Crippen LogP contribution in [0, 0.1) is 0 Å². The molecule has 0 bridgehead atoms. The summed E-state index contributed by atoms with van der Waals surface area (Å²) in [7, 11) is 1.61. The van der Waals surface area contributed by atoms with Gasteiger partial charge in [-0.3, -0.25) is 9.69 Å². The summed E-state index contributed by atoms with van der Waals surface area (Å²) in [6.45, 7) is 0. The molecular formula is C23H17BrN2O2. The summed E-state index contributed by atoms with van der Waals surface area (Å²) in [5, 5.41) is 0. The highest BCUT2D eigenvalue weighted by molar-refractivity contribution is 9.10. The van der Waals surface area contributed by atoms with Crippen LogP contribution < -0.4 is 9.64 Å². The molecule has 138 valence electrons. The minimum Gasteiger partial charge on any atom is -0.496 e. The number of rotatable bonds is 4. The minimum absolute atomic E-state index is 0.178. The second-order valence-corrected chi connectivity index (χ2v) is 7.11. The van der Waals surface area contributed by atoms with Crippen molar-refractivity contribution in [3.05, 3.63) is 100 Å². The number of ether oxygens (including phenoxy) is 1. The van der Waals surface area contributed by atoms with Crippen molar-refractivity contribution < 1.29 is 9.53 Å². The van der Waals surface area contributed by atoms with Gasteiger partial charge in [-0.25, -0.2) is 4.99 Å². The van der Waals surface area contributed by atoms with Crippen molar-refractivity contribution in [2.24, 2.45) is 4.99 Å². The summed E-state index contributed by atoms with van der Waals surface area (Å²) in [6.07, 6.45) is 1.80. The maximum Gasteiger partial charge on any atom is 0.282 e. The van der Waals surface area contributed by atoms with Crippen molar-refractivity contribution in [2.75, 3.05) is 12.0 Å². The van der Waals surface area contributed by atoms with Gasteiger partial charge in [-0.1, -0.05) is 64.5 Å². The zero-order chi connectivity index (χ0) is 19.5. The van der Waals surface area contributed by atoms with Gasteiger partial charge in [-0.2, -0.15) is 0 Å². The number of methoxy groups -OCH3 is 1. The fraction of sp³-hybridized carbons (Fsp3) is 0.0435. The van der Waals surface area contributed by atoms with Gasteiger partial charge in [0.2, 0.25) is 0 Å². The van der Waals surface area contributed by atoms with Crippen molar-refractivity contribution in [3.63, 3.8) is 0 Å². The van der Waals surface area contributed by atoms with Crippen LogP contribution in [0.15, 0.2) is 94.0 Å². The van der Waals surface area contributed by atoms with E-state index in [9.17, 15) is 4.79 Å². The van der Waals surface area contributed by atoms with Gasteiger partial charge < -0.3 is 4.74 Å². The molecule has 0 aliphatic carbocycles. The van der Waals surface area contributed by atoms with E-state index < -0.39 is 0 Å².